The molecule has 3 aromatic rings. The van der Waals surface area contributed by atoms with Crippen LogP contribution in [0.4, 0.5) is 0 Å². The van der Waals surface area contributed by atoms with E-state index in [1.165, 1.54) is 11.6 Å². The first-order valence-corrected chi connectivity index (χ1v) is 5.78. The topological polar surface area (TPSA) is 45.8 Å². The van der Waals surface area contributed by atoms with Crippen molar-refractivity contribution in [2.24, 2.45) is 0 Å². The van der Waals surface area contributed by atoms with Crippen LogP contribution in [0.1, 0.15) is 5.56 Å². The number of aromatic nitrogens is 2. The monoisotopic (exact) mass is 236 g/mol. The highest BCUT2D eigenvalue weighted by Gasteiger charge is 2.01. The fourth-order valence-corrected chi connectivity index (χ4v) is 2.00. The Morgan fingerprint density at radius 3 is 2.72 bits per heavy atom. The zero-order valence-electron chi connectivity index (χ0n) is 9.97. The molecule has 3 nitrogen and oxygen atoms in total. The molecule has 0 aliphatic carbocycles. The Morgan fingerprint density at radius 1 is 1.06 bits per heavy atom. The molecule has 1 aromatic carbocycles. The fraction of sp³-hybridized carbons (Fsp3) is 0.0667. The van der Waals surface area contributed by atoms with Gasteiger partial charge in [0.1, 0.15) is 0 Å². The van der Waals surface area contributed by atoms with Crippen LogP contribution in [-0.4, -0.2) is 9.97 Å². The van der Waals surface area contributed by atoms with Gasteiger partial charge in [-0.15, -0.1) is 0 Å². The zero-order chi connectivity index (χ0) is 12.5. The summed E-state index contributed by atoms with van der Waals surface area (Å²) < 4.78 is 0. The SMILES string of the molecule is Cc1ccnc(-c2ccc3ccc(=O)[nH]c3c2)c1. The molecule has 1 N–H and O–H groups in total. The Hall–Kier alpha value is -2.42. The molecule has 3 heteroatoms. The molecule has 0 aliphatic rings. The van der Waals surface area contributed by atoms with Crippen LogP contribution in [0.5, 0.6) is 0 Å². The van der Waals surface area contributed by atoms with Crippen molar-refractivity contribution in [1.29, 1.82) is 0 Å². The van der Waals surface area contributed by atoms with Crippen molar-refractivity contribution in [3.05, 3.63) is 64.6 Å². The maximum Gasteiger partial charge on any atom is 0.248 e. The highest BCUT2D eigenvalue weighted by atomic mass is 16.1. The molecule has 0 radical (unpaired) electrons. The summed E-state index contributed by atoms with van der Waals surface area (Å²) in [4.78, 5) is 18.5. The van der Waals surface area contributed by atoms with E-state index in [4.69, 9.17) is 0 Å². The van der Waals surface area contributed by atoms with Crippen molar-refractivity contribution >= 4 is 10.9 Å². The average Bonchev–Trinajstić information content (AvgIpc) is 2.38. The van der Waals surface area contributed by atoms with Gasteiger partial charge in [-0.2, -0.15) is 0 Å². The number of nitrogens with zero attached hydrogens (tertiary/aromatic N) is 1. The van der Waals surface area contributed by atoms with Crippen LogP contribution in [0.3, 0.4) is 0 Å². The van der Waals surface area contributed by atoms with Crippen molar-refractivity contribution in [3.63, 3.8) is 0 Å². The molecule has 0 amide bonds. The van der Waals surface area contributed by atoms with Gasteiger partial charge in [0.15, 0.2) is 0 Å². The van der Waals surface area contributed by atoms with Crippen molar-refractivity contribution in [3.8, 4) is 11.3 Å². The number of aromatic amines is 1. The minimum absolute atomic E-state index is 0.0862. The maximum absolute atomic E-state index is 11.3. The van der Waals surface area contributed by atoms with E-state index in [2.05, 4.69) is 9.97 Å². The van der Waals surface area contributed by atoms with E-state index in [1.807, 2.05) is 43.3 Å². The number of hydrogen-bond donors (Lipinski definition) is 1. The van der Waals surface area contributed by atoms with Crippen molar-refractivity contribution in [2.75, 3.05) is 0 Å². The number of fused-ring (bicyclic) bond motifs is 1. The predicted molar refractivity (Wildman–Crippen MR) is 72.5 cm³/mol. The van der Waals surface area contributed by atoms with E-state index >= 15 is 0 Å². The van der Waals surface area contributed by atoms with Crippen LogP contribution in [-0.2, 0) is 0 Å². The Kier molecular flexibility index (Phi) is 2.45. The molecule has 0 unspecified atom stereocenters. The molecule has 3 rings (SSSR count). The van der Waals surface area contributed by atoms with Crippen LogP contribution >= 0.6 is 0 Å². The Labute approximate surface area is 104 Å². The van der Waals surface area contributed by atoms with E-state index < -0.39 is 0 Å². The highest BCUT2D eigenvalue weighted by molar-refractivity contribution is 5.83. The molecule has 0 aliphatic heterocycles. The number of benzene rings is 1. The quantitative estimate of drug-likeness (QED) is 0.706. The molecule has 0 spiro atoms. The normalized spacial score (nSPS) is 10.7. The zero-order valence-corrected chi connectivity index (χ0v) is 9.97. The standard InChI is InChI=1S/C15H12N2O/c1-10-6-7-16-13(8-10)12-3-2-11-4-5-15(18)17-14(11)9-12/h2-9H,1H3,(H,17,18). The van der Waals surface area contributed by atoms with Crippen molar-refractivity contribution in [1.82, 2.24) is 9.97 Å². The van der Waals surface area contributed by atoms with Crippen LogP contribution < -0.4 is 5.56 Å². The van der Waals surface area contributed by atoms with Crippen LogP contribution in [0, 0.1) is 6.92 Å². The van der Waals surface area contributed by atoms with E-state index in [9.17, 15) is 4.79 Å². The molecule has 18 heavy (non-hydrogen) atoms. The van der Waals surface area contributed by atoms with Crippen molar-refractivity contribution in [2.45, 2.75) is 6.92 Å². The molecule has 88 valence electrons. The van der Waals surface area contributed by atoms with Gasteiger partial charge in [0.25, 0.3) is 0 Å². The third-order valence-corrected chi connectivity index (χ3v) is 2.94. The lowest BCUT2D eigenvalue weighted by Gasteiger charge is -2.04. The first kappa shape index (κ1) is 10.7. The third kappa shape index (κ3) is 1.91. The minimum atomic E-state index is -0.0862. The first-order chi connectivity index (χ1) is 8.72. The summed E-state index contributed by atoms with van der Waals surface area (Å²) in [6.07, 6.45) is 1.79. The van der Waals surface area contributed by atoms with Crippen LogP contribution in [0.25, 0.3) is 22.2 Å². The third-order valence-electron chi connectivity index (χ3n) is 2.94. The minimum Gasteiger partial charge on any atom is -0.322 e. The number of nitrogens with one attached hydrogen (secondary N) is 1. The van der Waals surface area contributed by atoms with Gasteiger partial charge in [0.2, 0.25) is 5.56 Å². The Bertz CT molecular complexity index is 775. The second-order valence-corrected chi connectivity index (χ2v) is 4.34. The lowest BCUT2D eigenvalue weighted by Crippen LogP contribution is -2.02. The molecular weight excluding hydrogens is 224 g/mol. The average molecular weight is 236 g/mol. The van der Waals surface area contributed by atoms with Gasteiger partial charge in [-0.1, -0.05) is 12.1 Å². The molecule has 0 atom stereocenters. The molecule has 0 bridgehead atoms. The number of H-pyrrole nitrogens is 1. The molecule has 0 saturated heterocycles. The summed E-state index contributed by atoms with van der Waals surface area (Å²) in [7, 11) is 0. The molecule has 0 fully saturated rings. The van der Waals surface area contributed by atoms with Crippen LogP contribution in [0.15, 0.2) is 53.5 Å². The van der Waals surface area contributed by atoms with Gasteiger partial charge < -0.3 is 4.98 Å². The Morgan fingerprint density at radius 2 is 1.89 bits per heavy atom. The summed E-state index contributed by atoms with van der Waals surface area (Å²) >= 11 is 0. The first-order valence-electron chi connectivity index (χ1n) is 5.78. The van der Waals surface area contributed by atoms with Crippen molar-refractivity contribution < 1.29 is 0 Å². The lowest BCUT2D eigenvalue weighted by atomic mass is 10.1. The molecule has 2 heterocycles. The van der Waals surface area contributed by atoms with Gasteiger partial charge in [-0.25, -0.2) is 0 Å². The highest BCUT2D eigenvalue weighted by Crippen LogP contribution is 2.21. The second-order valence-electron chi connectivity index (χ2n) is 4.34. The molecule has 0 saturated carbocycles. The number of aryl methyl sites for hydroxylation is 1. The summed E-state index contributed by atoms with van der Waals surface area (Å²) in [6, 6.07) is 13.3. The maximum atomic E-state index is 11.3. The largest absolute Gasteiger partial charge is 0.322 e. The number of pyridine rings is 2. The van der Waals surface area contributed by atoms with E-state index in [1.54, 1.807) is 6.20 Å². The summed E-state index contributed by atoms with van der Waals surface area (Å²) in [5.74, 6) is 0. The Balaban J connectivity index is 2.21. The summed E-state index contributed by atoms with van der Waals surface area (Å²) in [6.45, 7) is 2.04. The number of rotatable bonds is 1. The summed E-state index contributed by atoms with van der Waals surface area (Å²) in [5, 5.41) is 1.02. The van der Waals surface area contributed by atoms with E-state index in [0.717, 1.165) is 22.2 Å². The van der Waals surface area contributed by atoms with Gasteiger partial charge in [0.05, 0.1) is 5.69 Å². The van der Waals surface area contributed by atoms with Gasteiger partial charge in [-0.3, -0.25) is 9.78 Å². The molecule has 2 aromatic heterocycles. The lowest BCUT2D eigenvalue weighted by molar-refractivity contribution is 1.28. The second kappa shape index (κ2) is 4.11. The predicted octanol–water partition coefficient (Wildman–Crippen LogP) is 2.90. The van der Waals surface area contributed by atoms with Gasteiger partial charge in [-0.05, 0) is 42.1 Å². The van der Waals surface area contributed by atoms with E-state index in [0.29, 0.717) is 0 Å². The van der Waals surface area contributed by atoms with E-state index in [-0.39, 0.29) is 5.56 Å². The van der Waals surface area contributed by atoms with Gasteiger partial charge >= 0.3 is 0 Å². The molecular formula is C15H12N2O. The van der Waals surface area contributed by atoms with Crippen LogP contribution in [0.2, 0.25) is 0 Å². The fourth-order valence-electron chi connectivity index (χ4n) is 2.00. The number of hydrogen-bond acceptors (Lipinski definition) is 2. The van der Waals surface area contributed by atoms with Gasteiger partial charge in [0, 0.05) is 23.3 Å². The summed E-state index contributed by atoms with van der Waals surface area (Å²) in [5.41, 5.74) is 3.84. The smallest absolute Gasteiger partial charge is 0.248 e.